The van der Waals surface area contributed by atoms with Crippen LogP contribution in [0.4, 0.5) is 11.4 Å². The molecule has 1 heterocycles. The van der Waals surface area contributed by atoms with Crippen molar-refractivity contribution in [3.8, 4) is 5.75 Å². The molecule has 2 aromatic rings. The summed E-state index contributed by atoms with van der Waals surface area (Å²) in [6.07, 6.45) is 1.32. The number of anilines is 2. The van der Waals surface area contributed by atoms with E-state index in [4.69, 9.17) is 4.74 Å². The maximum Gasteiger partial charge on any atom is 0.257 e. The largest absolute Gasteiger partial charge is 0.495 e. The van der Waals surface area contributed by atoms with Gasteiger partial charge < -0.3 is 20.4 Å². The third kappa shape index (κ3) is 3.72. The molecule has 2 rings (SSSR count). The third-order valence-electron chi connectivity index (χ3n) is 2.81. The van der Waals surface area contributed by atoms with E-state index in [-0.39, 0.29) is 11.5 Å². The molecule has 0 saturated heterocycles. The molecule has 7 nitrogen and oxygen atoms in total. The maximum atomic E-state index is 12.2. The molecule has 1 aromatic carbocycles. The molecule has 114 valence electrons. The number of aromatic nitrogens is 1. The molecule has 3 N–H and O–H groups in total. The molecule has 0 saturated carbocycles. The SMILES string of the molecule is COc1ccc(NC(C)=O)cc1NC(=O)c1ccc(=O)[nH]c1. The van der Waals surface area contributed by atoms with Crippen LogP contribution < -0.4 is 20.9 Å². The zero-order chi connectivity index (χ0) is 16.1. The molecule has 2 amide bonds. The van der Waals surface area contributed by atoms with Gasteiger partial charge in [-0.25, -0.2) is 0 Å². The van der Waals surface area contributed by atoms with Crippen molar-refractivity contribution in [1.82, 2.24) is 4.98 Å². The Morgan fingerprint density at radius 3 is 2.50 bits per heavy atom. The second-order valence-corrected chi connectivity index (χ2v) is 4.49. The van der Waals surface area contributed by atoms with Gasteiger partial charge in [0.15, 0.2) is 0 Å². The number of benzene rings is 1. The van der Waals surface area contributed by atoms with E-state index in [1.807, 2.05) is 0 Å². The number of aromatic amines is 1. The minimum absolute atomic E-state index is 0.219. The number of pyridine rings is 1. The first-order valence-corrected chi connectivity index (χ1v) is 6.45. The number of amides is 2. The highest BCUT2D eigenvalue weighted by atomic mass is 16.5. The van der Waals surface area contributed by atoms with Gasteiger partial charge in [0, 0.05) is 24.9 Å². The molecule has 22 heavy (non-hydrogen) atoms. The summed E-state index contributed by atoms with van der Waals surface area (Å²) in [6, 6.07) is 7.56. The Balaban J connectivity index is 2.26. The van der Waals surface area contributed by atoms with Gasteiger partial charge in [-0.1, -0.05) is 0 Å². The van der Waals surface area contributed by atoms with E-state index >= 15 is 0 Å². The van der Waals surface area contributed by atoms with Crippen molar-refractivity contribution in [2.45, 2.75) is 6.92 Å². The van der Waals surface area contributed by atoms with Gasteiger partial charge in [-0.2, -0.15) is 0 Å². The fourth-order valence-electron chi connectivity index (χ4n) is 1.83. The zero-order valence-electron chi connectivity index (χ0n) is 12.1. The van der Waals surface area contributed by atoms with Crippen LogP contribution in [0.15, 0.2) is 41.3 Å². The van der Waals surface area contributed by atoms with Crippen LogP contribution in [0.25, 0.3) is 0 Å². The monoisotopic (exact) mass is 301 g/mol. The van der Waals surface area contributed by atoms with Crippen LogP contribution in [0.3, 0.4) is 0 Å². The van der Waals surface area contributed by atoms with E-state index in [1.165, 1.54) is 32.4 Å². The Kier molecular flexibility index (Phi) is 4.57. The van der Waals surface area contributed by atoms with Gasteiger partial charge in [0.2, 0.25) is 11.5 Å². The average molecular weight is 301 g/mol. The summed E-state index contributed by atoms with van der Waals surface area (Å²) in [7, 11) is 1.48. The van der Waals surface area contributed by atoms with Crippen LogP contribution in [-0.2, 0) is 4.79 Å². The van der Waals surface area contributed by atoms with Crippen molar-refractivity contribution in [3.63, 3.8) is 0 Å². The van der Waals surface area contributed by atoms with Gasteiger partial charge in [0.05, 0.1) is 18.4 Å². The molecule has 0 spiro atoms. The maximum absolute atomic E-state index is 12.2. The molecule has 0 fully saturated rings. The minimum atomic E-state index is -0.408. The number of methoxy groups -OCH3 is 1. The highest BCUT2D eigenvalue weighted by Crippen LogP contribution is 2.28. The predicted octanol–water partition coefficient (Wildman–Crippen LogP) is 1.59. The molecule has 7 heteroatoms. The summed E-state index contributed by atoms with van der Waals surface area (Å²) in [5.41, 5.74) is 0.948. The fourth-order valence-corrected chi connectivity index (χ4v) is 1.83. The second-order valence-electron chi connectivity index (χ2n) is 4.49. The summed E-state index contributed by atoms with van der Waals surface area (Å²) in [4.78, 5) is 36.7. The van der Waals surface area contributed by atoms with Gasteiger partial charge in [-0.05, 0) is 24.3 Å². The number of rotatable bonds is 4. The number of hydrogen-bond donors (Lipinski definition) is 3. The summed E-state index contributed by atoms with van der Waals surface area (Å²) in [5.74, 6) is -0.176. The zero-order valence-corrected chi connectivity index (χ0v) is 12.1. The number of carbonyl (C=O) groups is 2. The smallest absolute Gasteiger partial charge is 0.257 e. The van der Waals surface area contributed by atoms with Crippen molar-refractivity contribution < 1.29 is 14.3 Å². The molecule has 0 aliphatic rings. The van der Waals surface area contributed by atoms with Crippen LogP contribution in [-0.4, -0.2) is 23.9 Å². The Bertz CT molecular complexity index is 747. The van der Waals surface area contributed by atoms with Gasteiger partial charge in [-0.3, -0.25) is 14.4 Å². The second kappa shape index (κ2) is 6.57. The van der Waals surface area contributed by atoms with E-state index in [9.17, 15) is 14.4 Å². The Morgan fingerprint density at radius 1 is 1.14 bits per heavy atom. The van der Waals surface area contributed by atoms with Gasteiger partial charge >= 0.3 is 0 Å². The summed E-state index contributed by atoms with van der Waals surface area (Å²) >= 11 is 0. The Labute approximate surface area is 126 Å². The van der Waals surface area contributed by atoms with Crippen molar-refractivity contribution in [3.05, 3.63) is 52.4 Å². The first-order valence-electron chi connectivity index (χ1n) is 6.45. The fraction of sp³-hybridized carbons (Fsp3) is 0.133. The molecule has 0 radical (unpaired) electrons. The molecule has 0 atom stereocenters. The van der Waals surface area contributed by atoms with Crippen LogP contribution in [0.1, 0.15) is 17.3 Å². The normalized spacial score (nSPS) is 9.91. The highest BCUT2D eigenvalue weighted by molar-refractivity contribution is 6.05. The number of hydrogen-bond acceptors (Lipinski definition) is 4. The van der Waals surface area contributed by atoms with Crippen molar-refractivity contribution >= 4 is 23.2 Å². The van der Waals surface area contributed by atoms with Crippen LogP contribution >= 0.6 is 0 Å². The topological polar surface area (TPSA) is 100 Å². The van der Waals surface area contributed by atoms with Crippen LogP contribution in [0.2, 0.25) is 0 Å². The Morgan fingerprint density at radius 2 is 1.91 bits per heavy atom. The number of carbonyl (C=O) groups excluding carboxylic acids is 2. The quantitative estimate of drug-likeness (QED) is 0.798. The van der Waals surface area contributed by atoms with Gasteiger partial charge in [0.1, 0.15) is 5.75 Å². The Hall–Kier alpha value is -3.09. The van der Waals surface area contributed by atoms with Crippen molar-refractivity contribution in [1.29, 1.82) is 0 Å². The molecular formula is C15H15N3O4. The molecule has 0 aliphatic carbocycles. The van der Waals surface area contributed by atoms with E-state index in [0.29, 0.717) is 22.7 Å². The summed E-state index contributed by atoms with van der Waals surface area (Å²) < 4.78 is 5.18. The lowest BCUT2D eigenvalue weighted by atomic mass is 10.2. The standard InChI is InChI=1S/C15H15N3O4/c1-9(19)17-11-4-5-13(22-2)12(7-11)18-15(21)10-3-6-14(20)16-8-10/h3-8H,1-2H3,(H,16,20)(H,17,19)(H,18,21). The van der Waals surface area contributed by atoms with Crippen LogP contribution in [0.5, 0.6) is 5.75 Å². The lowest BCUT2D eigenvalue weighted by Crippen LogP contribution is -2.15. The molecule has 0 unspecified atom stereocenters. The van der Waals surface area contributed by atoms with Crippen LogP contribution in [0, 0.1) is 0 Å². The predicted molar refractivity (Wildman–Crippen MR) is 82.3 cm³/mol. The number of nitrogens with one attached hydrogen (secondary N) is 3. The minimum Gasteiger partial charge on any atom is -0.495 e. The first-order chi connectivity index (χ1) is 10.5. The molecule has 0 bridgehead atoms. The summed E-state index contributed by atoms with van der Waals surface area (Å²) in [6.45, 7) is 1.39. The highest BCUT2D eigenvalue weighted by Gasteiger charge is 2.11. The van der Waals surface area contributed by atoms with E-state index in [1.54, 1.807) is 18.2 Å². The molecule has 1 aromatic heterocycles. The third-order valence-corrected chi connectivity index (χ3v) is 2.81. The lowest BCUT2D eigenvalue weighted by molar-refractivity contribution is -0.114. The van der Waals surface area contributed by atoms with Crippen molar-refractivity contribution in [2.75, 3.05) is 17.7 Å². The van der Waals surface area contributed by atoms with E-state index in [0.717, 1.165) is 0 Å². The molecular weight excluding hydrogens is 286 g/mol. The summed E-state index contributed by atoms with van der Waals surface area (Å²) in [5, 5.41) is 5.30. The van der Waals surface area contributed by atoms with Gasteiger partial charge in [-0.15, -0.1) is 0 Å². The molecule has 0 aliphatic heterocycles. The van der Waals surface area contributed by atoms with Gasteiger partial charge in [0.25, 0.3) is 5.91 Å². The first kappa shape index (κ1) is 15.3. The van der Waals surface area contributed by atoms with Crippen molar-refractivity contribution in [2.24, 2.45) is 0 Å². The average Bonchev–Trinajstić information content (AvgIpc) is 2.47. The lowest BCUT2D eigenvalue weighted by Gasteiger charge is -2.12. The number of ether oxygens (including phenoxy) is 1. The van der Waals surface area contributed by atoms with E-state index < -0.39 is 5.91 Å². The number of H-pyrrole nitrogens is 1. The van der Waals surface area contributed by atoms with E-state index in [2.05, 4.69) is 15.6 Å².